The van der Waals surface area contributed by atoms with Crippen LogP contribution >= 0.6 is 23.2 Å². The van der Waals surface area contributed by atoms with Gasteiger partial charge in [-0.25, -0.2) is 4.79 Å². The van der Waals surface area contributed by atoms with Gasteiger partial charge in [0.1, 0.15) is 0 Å². The summed E-state index contributed by atoms with van der Waals surface area (Å²) in [5, 5.41) is 0.930. The molecule has 0 aliphatic carbocycles. The van der Waals surface area contributed by atoms with Crippen LogP contribution < -0.4 is 0 Å². The summed E-state index contributed by atoms with van der Waals surface area (Å²) >= 11 is 11.9. The molecule has 28 heavy (non-hydrogen) atoms. The van der Waals surface area contributed by atoms with E-state index in [0.717, 1.165) is 11.1 Å². The third kappa shape index (κ3) is 5.32. The highest BCUT2D eigenvalue weighted by atomic mass is 35.5. The largest absolute Gasteiger partial charge is 0.454 e. The van der Waals surface area contributed by atoms with Gasteiger partial charge >= 0.3 is 5.97 Å². The van der Waals surface area contributed by atoms with Gasteiger partial charge in [-0.15, -0.1) is 0 Å². The maximum atomic E-state index is 12.2. The molecule has 0 atom stereocenters. The SMILES string of the molecule is O=C(/C=C/c1ccc(Cl)cc1Cl)OCC(=O)c1ccc(-c2ccccc2)cc1. The molecule has 0 spiro atoms. The van der Waals surface area contributed by atoms with Crippen molar-refractivity contribution in [1.29, 1.82) is 0 Å². The molecule has 3 aromatic rings. The van der Waals surface area contributed by atoms with Gasteiger partial charge in [0.25, 0.3) is 0 Å². The molecule has 0 saturated heterocycles. The number of rotatable bonds is 6. The first-order valence-corrected chi connectivity index (χ1v) is 9.27. The summed E-state index contributed by atoms with van der Waals surface area (Å²) in [7, 11) is 0. The van der Waals surface area contributed by atoms with Crippen molar-refractivity contribution >= 4 is 41.0 Å². The number of hydrogen-bond acceptors (Lipinski definition) is 3. The topological polar surface area (TPSA) is 43.4 Å². The quantitative estimate of drug-likeness (QED) is 0.280. The number of hydrogen-bond donors (Lipinski definition) is 0. The normalized spacial score (nSPS) is 10.8. The summed E-state index contributed by atoms with van der Waals surface area (Å²) in [4.78, 5) is 24.1. The van der Waals surface area contributed by atoms with E-state index in [1.165, 1.54) is 12.2 Å². The highest BCUT2D eigenvalue weighted by Crippen LogP contribution is 2.22. The highest BCUT2D eigenvalue weighted by Gasteiger charge is 2.09. The average Bonchev–Trinajstić information content (AvgIpc) is 2.72. The first-order chi connectivity index (χ1) is 13.5. The Morgan fingerprint density at radius 1 is 0.857 bits per heavy atom. The molecular formula is C23H16Cl2O3. The van der Waals surface area contributed by atoms with E-state index in [-0.39, 0.29) is 12.4 Å². The van der Waals surface area contributed by atoms with E-state index < -0.39 is 5.97 Å². The number of Topliss-reactive ketones (excluding diaryl/α,β-unsaturated/α-hetero) is 1. The molecule has 0 N–H and O–H groups in total. The monoisotopic (exact) mass is 410 g/mol. The zero-order valence-electron chi connectivity index (χ0n) is 14.8. The molecule has 140 valence electrons. The van der Waals surface area contributed by atoms with Crippen LogP contribution in [0.5, 0.6) is 0 Å². The fourth-order valence-electron chi connectivity index (χ4n) is 2.54. The molecule has 0 unspecified atom stereocenters. The van der Waals surface area contributed by atoms with Crippen molar-refractivity contribution in [3.8, 4) is 11.1 Å². The smallest absolute Gasteiger partial charge is 0.331 e. The van der Waals surface area contributed by atoms with E-state index in [4.69, 9.17) is 27.9 Å². The standard InChI is InChI=1S/C23H16Cl2O3/c24-20-12-10-18(21(25)14-20)11-13-23(27)28-15-22(26)19-8-6-17(7-9-19)16-4-2-1-3-5-16/h1-14H,15H2/b13-11+. The molecular weight excluding hydrogens is 395 g/mol. The van der Waals surface area contributed by atoms with E-state index >= 15 is 0 Å². The molecule has 0 aliphatic heterocycles. The van der Waals surface area contributed by atoms with Crippen molar-refractivity contribution in [1.82, 2.24) is 0 Å². The van der Waals surface area contributed by atoms with Gasteiger partial charge in [0.05, 0.1) is 0 Å². The van der Waals surface area contributed by atoms with Crippen molar-refractivity contribution < 1.29 is 14.3 Å². The van der Waals surface area contributed by atoms with E-state index in [2.05, 4.69) is 0 Å². The Bertz CT molecular complexity index is 1010. The summed E-state index contributed by atoms with van der Waals surface area (Å²) in [6.07, 6.45) is 2.74. The Labute approximate surface area is 173 Å². The molecule has 3 nitrogen and oxygen atoms in total. The third-order valence-corrected chi connectivity index (χ3v) is 4.58. The molecule has 0 aliphatic rings. The van der Waals surface area contributed by atoms with Crippen LogP contribution in [0.4, 0.5) is 0 Å². The second-order valence-corrected chi connectivity index (χ2v) is 6.82. The predicted octanol–water partition coefficient (Wildman–Crippen LogP) is 6.10. The molecule has 0 aromatic heterocycles. The van der Waals surface area contributed by atoms with Crippen LogP contribution in [-0.4, -0.2) is 18.4 Å². The second kappa shape index (κ2) is 9.36. The fraction of sp³-hybridized carbons (Fsp3) is 0.0435. The Kier molecular flexibility index (Phi) is 6.64. The molecule has 0 radical (unpaired) electrons. The first-order valence-electron chi connectivity index (χ1n) is 8.51. The van der Waals surface area contributed by atoms with Crippen LogP contribution in [0.15, 0.2) is 78.9 Å². The van der Waals surface area contributed by atoms with E-state index in [9.17, 15) is 9.59 Å². The maximum absolute atomic E-state index is 12.2. The van der Waals surface area contributed by atoms with Crippen LogP contribution in [0.25, 0.3) is 17.2 Å². The number of ketones is 1. The fourth-order valence-corrected chi connectivity index (χ4v) is 3.01. The van der Waals surface area contributed by atoms with Crippen molar-refractivity contribution in [2.75, 3.05) is 6.61 Å². The molecule has 0 amide bonds. The summed E-state index contributed by atoms with van der Waals surface area (Å²) in [5.74, 6) is -0.897. The lowest BCUT2D eigenvalue weighted by atomic mass is 10.0. The summed E-state index contributed by atoms with van der Waals surface area (Å²) in [6, 6.07) is 22.0. The molecule has 3 rings (SSSR count). The van der Waals surface area contributed by atoms with Crippen molar-refractivity contribution in [2.24, 2.45) is 0 Å². The number of halogens is 2. The minimum Gasteiger partial charge on any atom is -0.454 e. The Hall–Kier alpha value is -2.88. The minimum absolute atomic E-state index is 0.272. The van der Waals surface area contributed by atoms with Gasteiger partial charge in [0.15, 0.2) is 12.4 Å². The number of esters is 1. The Balaban J connectivity index is 1.56. The van der Waals surface area contributed by atoms with E-state index in [1.54, 1.807) is 30.3 Å². The van der Waals surface area contributed by atoms with Gasteiger partial charge in [-0.05, 0) is 34.9 Å². The highest BCUT2D eigenvalue weighted by molar-refractivity contribution is 6.35. The van der Waals surface area contributed by atoms with Crippen LogP contribution in [-0.2, 0) is 9.53 Å². The minimum atomic E-state index is -0.625. The van der Waals surface area contributed by atoms with E-state index in [1.807, 2.05) is 42.5 Å². The van der Waals surface area contributed by atoms with Gasteiger partial charge in [-0.3, -0.25) is 4.79 Å². The maximum Gasteiger partial charge on any atom is 0.331 e. The van der Waals surface area contributed by atoms with Crippen molar-refractivity contribution in [3.63, 3.8) is 0 Å². The number of carbonyl (C=O) groups is 2. The lowest BCUT2D eigenvalue weighted by molar-refractivity contribution is -0.136. The lowest BCUT2D eigenvalue weighted by Gasteiger charge is -2.05. The predicted molar refractivity (Wildman–Crippen MR) is 113 cm³/mol. The van der Waals surface area contributed by atoms with Gasteiger partial charge < -0.3 is 4.74 Å². The van der Waals surface area contributed by atoms with Crippen molar-refractivity contribution in [3.05, 3.63) is 100 Å². The number of carbonyl (C=O) groups excluding carboxylic acids is 2. The Morgan fingerprint density at radius 3 is 2.21 bits per heavy atom. The van der Waals surface area contributed by atoms with Crippen LogP contribution in [0, 0.1) is 0 Å². The van der Waals surface area contributed by atoms with Crippen LogP contribution in [0.2, 0.25) is 10.0 Å². The molecule has 0 bridgehead atoms. The summed E-state index contributed by atoms with van der Waals surface area (Å²) in [6.45, 7) is -0.331. The van der Waals surface area contributed by atoms with Gasteiger partial charge in [-0.1, -0.05) is 83.9 Å². The second-order valence-electron chi connectivity index (χ2n) is 5.97. The van der Waals surface area contributed by atoms with Gasteiger partial charge in [0.2, 0.25) is 0 Å². The average molecular weight is 411 g/mol. The van der Waals surface area contributed by atoms with Crippen molar-refractivity contribution in [2.45, 2.75) is 0 Å². The lowest BCUT2D eigenvalue weighted by Crippen LogP contribution is -2.12. The third-order valence-electron chi connectivity index (χ3n) is 4.02. The molecule has 5 heteroatoms. The zero-order valence-corrected chi connectivity index (χ0v) is 16.3. The molecule has 0 heterocycles. The zero-order chi connectivity index (χ0) is 19.9. The summed E-state index contributed by atoms with van der Waals surface area (Å²) in [5.41, 5.74) is 3.19. The van der Waals surface area contributed by atoms with Gasteiger partial charge in [-0.2, -0.15) is 0 Å². The molecule has 3 aromatic carbocycles. The number of ether oxygens (including phenoxy) is 1. The summed E-state index contributed by atoms with van der Waals surface area (Å²) < 4.78 is 5.01. The molecule has 0 fully saturated rings. The van der Waals surface area contributed by atoms with Crippen LogP contribution in [0.3, 0.4) is 0 Å². The first kappa shape index (κ1) is 19.9. The Morgan fingerprint density at radius 2 is 1.54 bits per heavy atom. The van der Waals surface area contributed by atoms with Gasteiger partial charge in [0, 0.05) is 21.7 Å². The van der Waals surface area contributed by atoms with E-state index in [0.29, 0.717) is 21.2 Å². The number of benzene rings is 3. The molecule has 0 saturated carbocycles. The van der Waals surface area contributed by atoms with Crippen LogP contribution in [0.1, 0.15) is 15.9 Å².